The Bertz CT molecular complexity index is 973. The average molecular weight is 402 g/mol. The normalized spacial score (nSPS) is 16.7. The first-order valence-electron chi connectivity index (χ1n) is 9.42. The van der Waals surface area contributed by atoms with Crippen molar-refractivity contribution in [3.63, 3.8) is 0 Å². The van der Waals surface area contributed by atoms with Crippen molar-refractivity contribution in [1.29, 1.82) is 0 Å². The lowest BCUT2D eigenvalue weighted by Gasteiger charge is -2.35. The number of halogens is 1. The van der Waals surface area contributed by atoms with E-state index < -0.39 is 0 Å². The van der Waals surface area contributed by atoms with Crippen LogP contribution in [0, 0.1) is 6.92 Å². The summed E-state index contributed by atoms with van der Waals surface area (Å²) in [6.45, 7) is 6.93. The molecule has 4 rings (SSSR count). The second-order valence-corrected chi connectivity index (χ2v) is 8.56. The molecule has 1 aliphatic heterocycles. The van der Waals surface area contributed by atoms with Gasteiger partial charge in [-0.15, -0.1) is 0 Å². The molecule has 0 radical (unpaired) electrons. The van der Waals surface area contributed by atoms with Crippen LogP contribution >= 0.6 is 22.9 Å². The molecule has 1 fully saturated rings. The maximum absolute atomic E-state index is 12.5. The topological polar surface area (TPSA) is 37.3 Å². The van der Waals surface area contributed by atoms with E-state index in [0.717, 1.165) is 42.8 Å². The number of fused-ring (bicyclic) bond motifs is 1. The molecule has 4 nitrogen and oxygen atoms in total. The molecule has 0 amide bonds. The Morgan fingerprint density at radius 2 is 1.89 bits per heavy atom. The van der Waals surface area contributed by atoms with Crippen LogP contribution in [0.2, 0.25) is 5.02 Å². The van der Waals surface area contributed by atoms with Crippen molar-refractivity contribution in [3.05, 3.63) is 68.3 Å². The maximum atomic E-state index is 12.5. The Labute approximate surface area is 168 Å². The number of benzene rings is 2. The number of aryl methyl sites for hydroxylation is 2. The molecule has 1 unspecified atom stereocenters. The van der Waals surface area contributed by atoms with Gasteiger partial charge in [0.1, 0.15) is 0 Å². The number of aromatic nitrogens is 1. The van der Waals surface area contributed by atoms with Crippen LogP contribution in [0.1, 0.15) is 23.6 Å². The van der Waals surface area contributed by atoms with Gasteiger partial charge in [-0.05, 0) is 37.1 Å². The monoisotopic (exact) mass is 401 g/mol. The third-order valence-electron chi connectivity index (χ3n) is 5.31. The number of rotatable bonds is 5. The smallest absolute Gasteiger partial charge is 0.308 e. The van der Waals surface area contributed by atoms with Gasteiger partial charge in [0, 0.05) is 43.8 Å². The maximum Gasteiger partial charge on any atom is 0.308 e. The Hall–Kier alpha value is -1.66. The van der Waals surface area contributed by atoms with E-state index in [1.54, 1.807) is 0 Å². The molecular formula is C21H24ClN3OS. The molecule has 0 saturated carbocycles. The van der Waals surface area contributed by atoms with Gasteiger partial charge in [0.25, 0.3) is 0 Å². The standard InChI is InChI=1S/C21H24ClN3OS/c1-15-2-4-16(5-3-15)18(24-12-9-23-10-13-24)8-11-25-19-7-6-17(22)14-20(19)27-21(25)26/h2-7,14,18,23H,8-13H2,1H3. The minimum Gasteiger partial charge on any atom is -0.314 e. The zero-order chi connectivity index (χ0) is 18.8. The Kier molecular flexibility index (Phi) is 5.64. The lowest BCUT2D eigenvalue weighted by Crippen LogP contribution is -2.45. The third kappa shape index (κ3) is 4.11. The van der Waals surface area contributed by atoms with Gasteiger partial charge in [-0.3, -0.25) is 14.3 Å². The summed E-state index contributed by atoms with van der Waals surface area (Å²) in [7, 11) is 0. The van der Waals surface area contributed by atoms with Crippen molar-refractivity contribution in [3.8, 4) is 0 Å². The number of piperazine rings is 1. The summed E-state index contributed by atoms with van der Waals surface area (Å²) in [6, 6.07) is 14.8. The van der Waals surface area contributed by atoms with Crippen molar-refractivity contribution >= 4 is 33.2 Å². The number of hydrogen-bond acceptors (Lipinski definition) is 4. The van der Waals surface area contributed by atoms with Gasteiger partial charge in [-0.25, -0.2) is 0 Å². The molecule has 2 heterocycles. The molecule has 1 aromatic heterocycles. The summed E-state index contributed by atoms with van der Waals surface area (Å²) in [5.74, 6) is 0. The minimum atomic E-state index is 0.0928. The van der Waals surface area contributed by atoms with Crippen LogP contribution in [0.15, 0.2) is 47.3 Å². The molecule has 1 saturated heterocycles. The quantitative estimate of drug-likeness (QED) is 0.700. The summed E-state index contributed by atoms with van der Waals surface area (Å²) in [5, 5.41) is 4.11. The highest BCUT2D eigenvalue weighted by molar-refractivity contribution is 7.16. The SMILES string of the molecule is Cc1ccc(C(CCn2c(=O)sc3cc(Cl)ccc32)N2CCNCC2)cc1. The molecule has 1 atom stereocenters. The van der Waals surface area contributed by atoms with Crippen molar-refractivity contribution in [2.24, 2.45) is 0 Å². The number of nitrogens with zero attached hydrogens (tertiary/aromatic N) is 2. The Morgan fingerprint density at radius 1 is 1.15 bits per heavy atom. The summed E-state index contributed by atoms with van der Waals surface area (Å²) in [6.07, 6.45) is 0.914. The van der Waals surface area contributed by atoms with Crippen LogP contribution < -0.4 is 10.2 Å². The summed E-state index contributed by atoms with van der Waals surface area (Å²) in [5.41, 5.74) is 3.59. The summed E-state index contributed by atoms with van der Waals surface area (Å²) in [4.78, 5) is 15.2. The van der Waals surface area contributed by atoms with Crippen LogP contribution in [0.4, 0.5) is 0 Å². The molecule has 142 valence electrons. The molecule has 1 N–H and O–H groups in total. The van der Waals surface area contributed by atoms with Crippen molar-refractivity contribution in [2.75, 3.05) is 26.2 Å². The van der Waals surface area contributed by atoms with Crippen molar-refractivity contribution < 1.29 is 0 Å². The van der Waals surface area contributed by atoms with Gasteiger partial charge in [0.05, 0.1) is 10.2 Å². The fourth-order valence-electron chi connectivity index (χ4n) is 3.85. The largest absolute Gasteiger partial charge is 0.314 e. The van der Waals surface area contributed by atoms with E-state index in [1.165, 1.54) is 22.5 Å². The van der Waals surface area contributed by atoms with E-state index in [2.05, 4.69) is 41.4 Å². The van der Waals surface area contributed by atoms with Gasteiger partial charge < -0.3 is 5.32 Å². The first-order chi connectivity index (χ1) is 13.1. The average Bonchev–Trinajstić information content (AvgIpc) is 2.98. The van der Waals surface area contributed by atoms with E-state index in [4.69, 9.17) is 11.6 Å². The van der Waals surface area contributed by atoms with Crippen LogP contribution in [0.5, 0.6) is 0 Å². The molecule has 3 aromatic rings. The van der Waals surface area contributed by atoms with Crippen molar-refractivity contribution in [1.82, 2.24) is 14.8 Å². The predicted octanol–water partition coefficient (Wildman–Crippen LogP) is 4.06. The van der Waals surface area contributed by atoms with Gasteiger partial charge in [-0.1, -0.05) is 52.8 Å². The minimum absolute atomic E-state index is 0.0928. The van der Waals surface area contributed by atoms with E-state index in [1.807, 2.05) is 22.8 Å². The first kappa shape index (κ1) is 18.7. The van der Waals surface area contributed by atoms with E-state index in [-0.39, 0.29) is 4.87 Å². The predicted molar refractivity (Wildman–Crippen MR) is 114 cm³/mol. The molecule has 0 bridgehead atoms. The van der Waals surface area contributed by atoms with Gasteiger partial charge in [-0.2, -0.15) is 0 Å². The van der Waals surface area contributed by atoms with Crippen LogP contribution in [0.3, 0.4) is 0 Å². The highest BCUT2D eigenvalue weighted by Crippen LogP contribution is 2.27. The second kappa shape index (κ2) is 8.15. The van der Waals surface area contributed by atoms with Crippen LogP contribution in [0.25, 0.3) is 10.2 Å². The highest BCUT2D eigenvalue weighted by atomic mass is 35.5. The molecule has 0 spiro atoms. The molecule has 1 aliphatic rings. The number of thiazole rings is 1. The van der Waals surface area contributed by atoms with Crippen LogP contribution in [-0.4, -0.2) is 35.6 Å². The second-order valence-electron chi connectivity index (χ2n) is 7.13. The molecule has 2 aromatic carbocycles. The van der Waals surface area contributed by atoms with Gasteiger partial charge >= 0.3 is 4.87 Å². The molecule has 0 aliphatic carbocycles. The first-order valence-corrected chi connectivity index (χ1v) is 10.6. The fourth-order valence-corrected chi connectivity index (χ4v) is 5.04. The third-order valence-corrected chi connectivity index (χ3v) is 6.49. The molecular weight excluding hydrogens is 378 g/mol. The van der Waals surface area contributed by atoms with E-state index in [0.29, 0.717) is 17.6 Å². The van der Waals surface area contributed by atoms with E-state index >= 15 is 0 Å². The lowest BCUT2D eigenvalue weighted by molar-refractivity contribution is 0.161. The fraction of sp³-hybridized carbons (Fsp3) is 0.381. The number of hydrogen-bond donors (Lipinski definition) is 1. The van der Waals surface area contributed by atoms with Crippen molar-refractivity contribution in [2.45, 2.75) is 25.9 Å². The zero-order valence-electron chi connectivity index (χ0n) is 15.5. The van der Waals surface area contributed by atoms with Gasteiger partial charge in [0.15, 0.2) is 0 Å². The molecule has 27 heavy (non-hydrogen) atoms. The molecule has 6 heteroatoms. The Balaban J connectivity index is 1.61. The summed E-state index contributed by atoms with van der Waals surface area (Å²) < 4.78 is 2.86. The Morgan fingerprint density at radius 3 is 2.63 bits per heavy atom. The van der Waals surface area contributed by atoms with Gasteiger partial charge in [0.2, 0.25) is 0 Å². The van der Waals surface area contributed by atoms with E-state index in [9.17, 15) is 4.79 Å². The lowest BCUT2D eigenvalue weighted by atomic mass is 10.00. The van der Waals surface area contributed by atoms with Crippen LogP contribution in [-0.2, 0) is 6.54 Å². The summed E-state index contributed by atoms with van der Waals surface area (Å²) >= 11 is 7.36. The highest BCUT2D eigenvalue weighted by Gasteiger charge is 2.22. The zero-order valence-corrected chi connectivity index (χ0v) is 17.0. The number of nitrogens with one attached hydrogen (secondary N) is 1.